The normalized spacial score (nSPS) is 10.8. The summed E-state index contributed by atoms with van der Waals surface area (Å²) in [5.74, 6) is 0.588. The maximum Gasteiger partial charge on any atom is 0.277 e. The molecule has 0 fully saturated rings. The second-order valence-corrected chi connectivity index (χ2v) is 5.62. The molecule has 2 heterocycles. The fourth-order valence-corrected chi connectivity index (χ4v) is 2.70. The van der Waals surface area contributed by atoms with Crippen molar-refractivity contribution in [2.24, 2.45) is 0 Å². The first-order valence-corrected chi connectivity index (χ1v) is 7.90. The number of carbonyl (C=O) groups is 1. The summed E-state index contributed by atoms with van der Waals surface area (Å²) in [6, 6.07) is 19.0. The maximum absolute atomic E-state index is 12.7. The summed E-state index contributed by atoms with van der Waals surface area (Å²) in [4.78, 5) is 21.4. The molecule has 25 heavy (non-hydrogen) atoms. The molecule has 0 radical (unpaired) electrons. The molecule has 2 aromatic carbocycles. The molecule has 0 saturated carbocycles. The standard InChI is InChI=1S/C20H15N3O2/c1-13-17(23-20(25-13)15-7-3-2-4-8-15)19(24)22-16-11-5-9-14-10-6-12-21-18(14)16/h2-12H,1H3,(H,22,24). The Balaban J connectivity index is 1.66. The van der Waals surface area contributed by atoms with Crippen LogP contribution in [0.25, 0.3) is 22.4 Å². The Morgan fingerprint density at radius 2 is 1.80 bits per heavy atom. The molecule has 5 heteroatoms. The van der Waals surface area contributed by atoms with Gasteiger partial charge in [0.25, 0.3) is 5.91 Å². The molecule has 5 nitrogen and oxygen atoms in total. The van der Waals surface area contributed by atoms with Gasteiger partial charge in [0.1, 0.15) is 5.76 Å². The third kappa shape index (κ3) is 2.87. The number of hydrogen-bond acceptors (Lipinski definition) is 4. The second-order valence-electron chi connectivity index (χ2n) is 5.62. The van der Waals surface area contributed by atoms with Gasteiger partial charge in [-0.3, -0.25) is 9.78 Å². The molecule has 1 N–H and O–H groups in total. The van der Waals surface area contributed by atoms with Crippen molar-refractivity contribution in [1.82, 2.24) is 9.97 Å². The number of carbonyl (C=O) groups excluding carboxylic acids is 1. The summed E-state index contributed by atoms with van der Waals surface area (Å²) in [6.45, 7) is 1.73. The number of rotatable bonds is 3. The minimum atomic E-state index is -0.318. The predicted molar refractivity (Wildman–Crippen MR) is 96.4 cm³/mol. The van der Waals surface area contributed by atoms with E-state index in [1.807, 2.05) is 60.7 Å². The van der Waals surface area contributed by atoms with Crippen molar-refractivity contribution in [1.29, 1.82) is 0 Å². The fourth-order valence-electron chi connectivity index (χ4n) is 2.70. The molecule has 0 atom stereocenters. The zero-order valence-corrected chi connectivity index (χ0v) is 13.6. The van der Waals surface area contributed by atoms with Crippen LogP contribution in [0.4, 0.5) is 5.69 Å². The number of hydrogen-bond donors (Lipinski definition) is 1. The fraction of sp³-hybridized carbons (Fsp3) is 0.0500. The highest BCUT2D eigenvalue weighted by Crippen LogP contribution is 2.24. The third-order valence-electron chi connectivity index (χ3n) is 3.91. The van der Waals surface area contributed by atoms with Gasteiger partial charge in [0.2, 0.25) is 5.89 Å². The number of aromatic nitrogens is 2. The Morgan fingerprint density at radius 1 is 1.00 bits per heavy atom. The molecule has 0 bridgehead atoms. The highest BCUT2D eigenvalue weighted by molar-refractivity contribution is 6.07. The first-order valence-electron chi connectivity index (χ1n) is 7.90. The van der Waals surface area contributed by atoms with Crippen LogP contribution in [0.5, 0.6) is 0 Å². The zero-order valence-electron chi connectivity index (χ0n) is 13.6. The van der Waals surface area contributed by atoms with Crippen molar-refractivity contribution in [3.63, 3.8) is 0 Å². The van der Waals surface area contributed by atoms with Crippen molar-refractivity contribution < 1.29 is 9.21 Å². The van der Waals surface area contributed by atoms with Crippen molar-refractivity contribution in [2.75, 3.05) is 5.32 Å². The minimum absolute atomic E-state index is 0.270. The van der Waals surface area contributed by atoms with Gasteiger partial charge in [-0.15, -0.1) is 0 Å². The Kier molecular flexibility index (Phi) is 3.74. The van der Waals surface area contributed by atoms with E-state index in [2.05, 4.69) is 15.3 Å². The summed E-state index contributed by atoms with van der Waals surface area (Å²) in [6.07, 6.45) is 1.70. The number of para-hydroxylation sites is 1. The molecule has 4 aromatic rings. The van der Waals surface area contributed by atoms with Crippen molar-refractivity contribution in [3.05, 3.63) is 78.3 Å². The van der Waals surface area contributed by atoms with Crippen molar-refractivity contribution in [3.8, 4) is 11.5 Å². The van der Waals surface area contributed by atoms with Crippen molar-refractivity contribution in [2.45, 2.75) is 6.92 Å². The summed E-state index contributed by atoms with van der Waals surface area (Å²) in [5.41, 5.74) is 2.48. The maximum atomic E-state index is 12.7. The number of aryl methyl sites for hydroxylation is 1. The Hall–Kier alpha value is -3.47. The monoisotopic (exact) mass is 329 g/mol. The van der Waals surface area contributed by atoms with E-state index in [1.165, 1.54) is 0 Å². The van der Waals surface area contributed by atoms with E-state index in [4.69, 9.17) is 4.42 Å². The van der Waals surface area contributed by atoms with Gasteiger partial charge in [0.05, 0.1) is 11.2 Å². The van der Waals surface area contributed by atoms with Crippen LogP contribution < -0.4 is 5.32 Å². The van der Waals surface area contributed by atoms with Crippen LogP contribution in [0.15, 0.2) is 71.3 Å². The number of nitrogens with zero attached hydrogens (tertiary/aromatic N) is 2. The number of amides is 1. The van der Waals surface area contributed by atoms with Crippen LogP contribution in [0.1, 0.15) is 16.2 Å². The average molecular weight is 329 g/mol. The summed E-state index contributed by atoms with van der Waals surface area (Å²) in [7, 11) is 0. The average Bonchev–Trinajstić information content (AvgIpc) is 3.05. The lowest BCUT2D eigenvalue weighted by atomic mass is 10.2. The zero-order chi connectivity index (χ0) is 17.2. The van der Waals surface area contributed by atoms with Gasteiger partial charge in [-0.05, 0) is 31.2 Å². The van der Waals surface area contributed by atoms with Crippen LogP contribution in [0.3, 0.4) is 0 Å². The number of benzene rings is 2. The Labute approximate surface area is 144 Å². The number of oxazole rings is 1. The number of pyridine rings is 1. The van der Waals surface area contributed by atoms with E-state index in [9.17, 15) is 4.79 Å². The van der Waals surface area contributed by atoms with Gasteiger partial charge in [-0.1, -0.05) is 36.4 Å². The van der Waals surface area contributed by atoms with Crippen molar-refractivity contribution >= 4 is 22.5 Å². The van der Waals surface area contributed by atoms with Crippen LogP contribution in [0, 0.1) is 6.92 Å². The highest BCUT2D eigenvalue weighted by Gasteiger charge is 2.19. The summed E-state index contributed by atoms with van der Waals surface area (Å²) in [5, 5.41) is 3.84. The van der Waals surface area contributed by atoms with Gasteiger partial charge >= 0.3 is 0 Å². The van der Waals surface area contributed by atoms with E-state index in [0.717, 1.165) is 16.5 Å². The molecule has 2 aromatic heterocycles. The molecule has 122 valence electrons. The lowest BCUT2D eigenvalue weighted by Crippen LogP contribution is -2.14. The molecule has 0 saturated heterocycles. The second kappa shape index (κ2) is 6.20. The third-order valence-corrected chi connectivity index (χ3v) is 3.91. The molecule has 0 spiro atoms. The van der Waals surface area contributed by atoms with Crippen LogP contribution in [0.2, 0.25) is 0 Å². The molecule has 0 aliphatic heterocycles. The van der Waals surface area contributed by atoms with Crippen LogP contribution >= 0.6 is 0 Å². The molecule has 1 amide bonds. The van der Waals surface area contributed by atoms with Gasteiger partial charge < -0.3 is 9.73 Å². The first-order chi connectivity index (χ1) is 12.2. The summed E-state index contributed by atoms with van der Waals surface area (Å²) >= 11 is 0. The van der Waals surface area contributed by atoms with E-state index in [0.29, 0.717) is 17.3 Å². The van der Waals surface area contributed by atoms with E-state index >= 15 is 0 Å². The molecule has 0 aliphatic rings. The SMILES string of the molecule is Cc1oc(-c2ccccc2)nc1C(=O)Nc1cccc2cccnc12. The highest BCUT2D eigenvalue weighted by atomic mass is 16.4. The Morgan fingerprint density at radius 3 is 2.64 bits per heavy atom. The van der Waals surface area contributed by atoms with Gasteiger partial charge in [-0.25, -0.2) is 4.98 Å². The van der Waals surface area contributed by atoms with Crippen LogP contribution in [-0.4, -0.2) is 15.9 Å². The lowest BCUT2D eigenvalue weighted by molar-refractivity contribution is 0.102. The smallest absolute Gasteiger partial charge is 0.277 e. The number of anilines is 1. The lowest BCUT2D eigenvalue weighted by Gasteiger charge is -2.06. The molecule has 0 aliphatic carbocycles. The first kappa shape index (κ1) is 15.1. The van der Waals surface area contributed by atoms with Crippen LogP contribution in [-0.2, 0) is 0 Å². The molecule has 4 rings (SSSR count). The van der Waals surface area contributed by atoms with E-state index in [-0.39, 0.29) is 11.6 Å². The number of nitrogens with one attached hydrogen (secondary N) is 1. The van der Waals surface area contributed by atoms with Gasteiger partial charge in [-0.2, -0.15) is 0 Å². The minimum Gasteiger partial charge on any atom is -0.441 e. The van der Waals surface area contributed by atoms with E-state index in [1.54, 1.807) is 13.1 Å². The van der Waals surface area contributed by atoms with Gasteiger partial charge in [0.15, 0.2) is 5.69 Å². The molecular weight excluding hydrogens is 314 g/mol. The quantitative estimate of drug-likeness (QED) is 0.603. The summed E-state index contributed by atoms with van der Waals surface area (Å²) < 4.78 is 5.66. The topological polar surface area (TPSA) is 68.0 Å². The predicted octanol–water partition coefficient (Wildman–Crippen LogP) is 4.45. The largest absolute Gasteiger partial charge is 0.441 e. The van der Waals surface area contributed by atoms with Gasteiger partial charge in [0, 0.05) is 17.1 Å². The number of fused-ring (bicyclic) bond motifs is 1. The molecule has 0 unspecified atom stereocenters. The molecular formula is C20H15N3O2. The Bertz CT molecular complexity index is 1050. The van der Waals surface area contributed by atoms with E-state index < -0.39 is 0 Å².